The molecule has 7 nitrogen and oxygen atoms in total. The zero-order valence-electron chi connectivity index (χ0n) is 20.9. The minimum atomic E-state index is -5.00. The molecule has 3 aromatic heterocycles. The lowest BCUT2D eigenvalue weighted by atomic mass is 10.0. The van der Waals surface area contributed by atoms with Gasteiger partial charge >= 0.3 is 12.4 Å². The average Bonchev–Trinajstić information content (AvgIpc) is 3.57. The molecule has 0 N–H and O–H groups in total. The summed E-state index contributed by atoms with van der Waals surface area (Å²) in [6.07, 6.45) is -8.63. The Morgan fingerprint density at radius 2 is 1.45 bits per heavy atom. The Kier molecular flexibility index (Phi) is 6.68. The number of halogens is 7. The van der Waals surface area contributed by atoms with E-state index >= 15 is 0 Å². The first kappa shape index (κ1) is 27.4. The third kappa shape index (κ3) is 5.07. The fourth-order valence-electron chi connectivity index (χ4n) is 4.56. The lowest BCUT2D eigenvalue weighted by Gasteiger charge is -2.15. The van der Waals surface area contributed by atoms with Crippen LogP contribution in [0.3, 0.4) is 0 Å². The summed E-state index contributed by atoms with van der Waals surface area (Å²) in [5, 5.41) is 21.4. The Balaban J connectivity index is 1.55. The van der Waals surface area contributed by atoms with Crippen LogP contribution in [-0.4, -0.2) is 30.3 Å². The molecule has 0 aliphatic heterocycles. The molecule has 0 radical (unpaired) electrons. The second-order valence-corrected chi connectivity index (χ2v) is 9.58. The van der Waals surface area contributed by atoms with Crippen molar-refractivity contribution in [2.45, 2.75) is 18.9 Å². The van der Waals surface area contributed by atoms with Crippen LogP contribution in [0.5, 0.6) is 0 Å². The van der Waals surface area contributed by atoms with Crippen LogP contribution < -0.4 is 0 Å². The Labute approximate surface area is 237 Å². The van der Waals surface area contributed by atoms with Gasteiger partial charge in [0.25, 0.3) is 0 Å². The van der Waals surface area contributed by atoms with Gasteiger partial charge in [-0.05, 0) is 29.8 Å². The molecule has 3 heterocycles. The zero-order chi connectivity index (χ0) is 29.6. The summed E-state index contributed by atoms with van der Waals surface area (Å²) < 4.78 is 88.0. The smallest absolute Gasteiger partial charge is 0.353 e. The molecule has 14 heteroatoms. The quantitative estimate of drug-likeness (QED) is 0.187. The molecule has 0 bridgehead atoms. The van der Waals surface area contributed by atoms with Crippen molar-refractivity contribution in [1.29, 1.82) is 0 Å². The van der Waals surface area contributed by atoms with Crippen molar-refractivity contribution in [3.8, 4) is 34.0 Å². The zero-order valence-corrected chi connectivity index (χ0v) is 21.7. The first-order valence-corrected chi connectivity index (χ1v) is 12.5. The van der Waals surface area contributed by atoms with E-state index in [2.05, 4.69) is 25.7 Å². The van der Waals surface area contributed by atoms with Gasteiger partial charge in [-0.2, -0.15) is 31.4 Å². The molecule has 0 spiro atoms. The molecular formula is C28H15ClF6N6O. The Hall–Kier alpha value is -4.78. The van der Waals surface area contributed by atoms with Crippen molar-refractivity contribution in [2.24, 2.45) is 0 Å². The van der Waals surface area contributed by atoms with Crippen LogP contribution in [-0.2, 0) is 18.9 Å². The minimum absolute atomic E-state index is 0.0757. The summed E-state index contributed by atoms with van der Waals surface area (Å²) in [7, 11) is 0. The molecule has 0 fully saturated rings. The fraction of sp³-hybridized carbons (Fsp3) is 0.107. The Morgan fingerprint density at radius 3 is 2.12 bits per heavy atom. The number of hydrogen-bond donors (Lipinski definition) is 0. The second kappa shape index (κ2) is 10.2. The van der Waals surface area contributed by atoms with Crippen molar-refractivity contribution in [2.75, 3.05) is 0 Å². The molecule has 0 saturated heterocycles. The number of nitrogens with zero attached hydrogens (tertiary/aromatic N) is 6. The van der Waals surface area contributed by atoms with Crippen molar-refractivity contribution in [3.63, 3.8) is 0 Å². The van der Waals surface area contributed by atoms with E-state index in [9.17, 15) is 26.3 Å². The van der Waals surface area contributed by atoms with Gasteiger partial charge in [0, 0.05) is 11.1 Å². The Bertz CT molecular complexity index is 1880. The van der Waals surface area contributed by atoms with Crippen LogP contribution >= 0.6 is 11.6 Å². The van der Waals surface area contributed by atoms with Crippen molar-refractivity contribution < 1.29 is 30.9 Å². The van der Waals surface area contributed by atoms with Gasteiger partial charge < -0.3 is 4.52 Å². The highest BCUT2D eigenvalue weighted by Gasteiger charge is 2.37. The topological polar surface area (TPSA) is 82.5 Å². The maximum Gasteiger partial charge on any atom is 0.416 e. The second-order valence-electron chi connectivity index (χ2n) is 9.17. The lowest BCUT2D eigenvalue weighted by Crippen LogP contribution is -2.13. The van der Waals surface area contributed by atoms with E-state index in [0.29, 0.717) is 44.9 Å². The summed E-state index contributed by atoms with van der Waals surface area (Å²) in [5.41, 5.74) is -1.06. The van der Waals surface area contributed by atoms with Gasteiger partial charge in [0.15, 0.2) is 11.5 Å². The summed E-state index contributed by atoms with van der Waals surface area (Å²) >= 11 is 6.42. The van der Waals surface area contributed by atoms with E-state index in [1.165, 1.54) is 10.9 Å². The highest BCUT2D eigenvalue weighted by atomic mass is 35.5. The number of rotatable bonds is 5. The summed E-state index contributed by atoms with van der Waals surface area (Å²) in [6, 6.07) is 16.8. The number of aromatic nitrogens is 6. The van der Waals surface area contributed by atoms with E-state index in [-0.39, 0.29) is 28.8 Å². The standard InChI is InChI=1S/C28H15ClF6N6O/c29-20-9-5-4-8-19(20)23-22-21(13-36-37-23)39-42-26(22)24-25(16-6-2-1-3-7-16)41(40-38-24)14-15-10-17(27(30,31)32)12-18(11-15)28(33,34)35/h1-13H,14H2. The van der Waals surface area contributed by atoms with Crippen LogP contribution in [0.4, 0.5) is 26.3 Å². The predicted molar refractivity (Wildman–Crippen MR) is 140 cm³/mol. The Morgan fingerprint density at radius 1 is 0.786 bits per heavy atom. The molecule has 0 aliphatic rings. The summed E-state index contributed by atoms with van der Waals surface area (Å²) in [6.45, 7) is -0.465. The summed E-state index contributed by atoms with van der Waals surface area (Å²) in [4.78, 5) is 0. The van der Waals surface area contributed by atoms with Crippen LogP contribution in [0.25, 0.3) is 44.9 Å². The normalized spacial score (nSPS) is 12.3. The van der Waals surface area contributed by atoms with Gasteiger partial charge in [0.2, 0.25) is 0 Å². The van der Waals surface area contributed by atoms with Crippen LogP contribution in [0, 0.1) is 0 Å². The van der Waals surface area contributed by atoms with Gasteiger partial charge in [-0.1, -0.05) is 70.5 Å². The van der Waals surface area contributed by atoms with E-state index in [1.54, 1.807) is 54.6 Å². The number of hydrogen-bond acceptors (Lipinski definition) is 6. The molecule has 6 rings (SSSR count). The maximum atomic E-state index is 13.5. The third-order valence-corrected chi connectivity index (χ3v) is 6.73. The van der Waals surface area contributed by atoms with E-state index in [1.807, 2.05) is 0 Å². The van der Waals surface area contributed by atoms with Gasteiger partial charge in [-0.3, -0.25) is 0 Å². The molecule has 3 aromatic carbocycles. The molecule has 42 heavy (non-hydrogen) atoms. The van der Waals surface area contributed by atoms with E-state index in [4.69, 9.17) is 16.1 Å². The number of benzene rings is 3. The van der Waals surface area contributed by atoms with Crippen LogP contribution in [0.15, 0.2) is 83.5 Å². The highest BCUT2D eigenvalue weighted by Crippen LogP contribution is 2.41. The molecule has 0 atom stereocenters. The SMILES string of the molecule is FC(F)(F)c1cc(Cn2nnc(-c3onc4cnnc(-c5ccccc5Cl)c34)c2-c2ccccc2)cc(C(F)(F)F)c1. The fourth-order valence-corrected chi connectivity index (χ4v) is 4.78. The van der Waals surface area contributed by atoms with Crippen molar-refractivity contribution >= 4 is 22.5 Å². The number of alkyl halides is 6. The first-order chi connectivity index (χ1) is 20.0. The van der Waals surface area contributed by atoms with E-state index in [0.717, 1.165) is 0 Å². The molecule has 6 aromatic rings. The minimum Gasteiger partial charge on any atom is -0.353 e. The van der Waals surface area contributed by atoms with Gasteiger partial charge in [0.05, 0.1) is 34.3 Å². The van der Waals surface area contributed by atoms with E-state index < -0.39 is 30.0 Å². The first-order valence-electron chi connectivity index (χ1n) is 12.1. The van der Waals surface area contributed by atoms with Gasteiger partial charge in [-0.15, -0.1) is 10.2 Å². The van der Waals surface area contributed by atoms with Crippen molar-refractivity contribution in [3.05, 3.63) is 101 Å². The predicted octanol–water partition coefficient (Wildman–Crippen LogP) is 7.95. The van der Waals surface area contributed by atoms with Gasteiger partial charge in [-0.25, -0.2) is 4.68 Å². The van der Waals surface area contributed by atoms with Crippen molar-refractivity contribution in [1.82, 2.24) is 30.3 Å². The summed E-state index contributed by atoms with van der Waals surface area (Å²) in [5.74, 6) is 0.111. The molecule has 0 unspecified atom stereocenters. The molecule has 0 aliphatic carbocycles. The maximum absolute atomic E-state index is 13.5. The monoisotopic (exact) mass is 600 g/mol. The molecule has 212 valence electrons. The third-order valence-electron chi connectivity index (χ3n) is 6.40. The molecule has 0 amide bonds. The molecular weight excluding hydrogens is 586 g/mol. The van der Waals surface area contributed by atoms with Crippen LogP contribution in [0.1, 0.15) is 16.7 Å². The lowest BCUT2D eigenvalue weighted by molar-refractivity contribution is -0.143. The van der Waals surface area contributed by atoms with Gasteiger partial charge in [0.1, 0.15) is 16.9 Å². The average molecular weight is 601 g/mol. The largest absolute Gasteiger partial charge is 0.416 e. The molecule has 0 saturated carbocycles. The number of fused-ring (bicyclic) bond motifs is 1. The highest BCUT2D eigenvalue weighted by molar-refractivity contribution is 6.33. The van der Waals surface area contributed by atoms with Crippen LogP contribution in [0.2, 0.25) is 5.02 Å².